The molecule has 0 radical (unpaired) electrons. The van der Waals surface area contributed by atoms with Crippen LogP contribution in [0.15, 0.2) is 11.5 Å². The smallest absolute Gasteiger partial charge is 0.173 e. The molecular weight excluding hydrogens is 240 g/mol. The van der Waals surface area contributed by atoms with Crippen molar-refractivity contribution in [3.8, 4) is 0 Å². The van der Waals surface area contributed by atoms with E-state index in [1.54, 1.807) is 6.08 Å². The summed E-state index contributed by atoms with van der Waals surface area (Å²) in [6.45, 7) is 4.50. The van der Waals surface area contributed by atoms with Crippen molar-refractivity contribution in [3.63, 3.8) is 0 Å². The Morgan fingerprint density at radius 2 is 2.41 bits per heavy atom. The maximum absolute atomic E-state index is 11.3. The molecule has 0 aromatic carbocycles. The number of hydrogen-bond donors (Lipinski definition) is 2. The Bertz CT molecular complexity index is 374. The summed E-state index contributed by atoms with van der Waals surface area (Å²) >= 11 is 0. The zero-order valence-electron chi connectivity index (χ0n) is 10.1. The first-order chi connectivity index (χ1) is 8.05. The molecule has 1 saturated heterocycles. The quantitative estimate of drug-likeness (QED) is 0.723. The number of ether oxygens (including phenoxy) is 1. The first kappa shape index (κ1) is 13.0. The van der Waals surface area contributed by atoms with Crippen LogP contribution in [0.2, 0.25) is 0 Å². The van der Waals surface area contributed by atoms with E-state index in [0.717, 1.165) is 26.2 Å². The first-order valence-corrected chi connectivity index (χ1v) is 7.75. The van der Waals surface area contributed by atoms with Crippen LogP contribution >= 0.6 is 0 Å². The summed E-state index contributed by atoms with van der Waals surface area (Å²) in [7, 11) is -2.96. The van der Waals surface area contributed by atoms with Crippen molar-refractivity contribution < 1.29 is 13.2 Å². The normalized spacial score (nSPS) is 33.7. The van der Waals surface area contributed by atoms with Gasteiger partial charge in [-0.05, 0) is 13.3 Å². The van der Waals surface area contributed by atoms with Crippen molar-refractivity contribution in [2.24, 2.45) is 0 Å². The topological polar surface area (TPSA) is 67.4 Å². The molecule has 1 fully saturated rings. The van der Waals surface area contributed by atoms with Crippen LogP contribution in [0, 0.1) is 0 Å². The maximum atomic E-state index is 11.3. The van der Waals surface area contributed by atoms with Crippen molar-refractivity contribution in [1.82, 2.24) is 10.6 Å². The Labute approximate surface area is 103 Å². The molecule has 2 heterocycles. The van der Waals surface area contributed by atoms with Crippen LogP contribution in [0.4, 0.5) is 0 Å². The number of hydrogen-bond acceptors (Lipinski definition) is 5. The highest BCUT2D eigenvalue weighted by molar-refractivity contribution is 7.94. The summed E-state index contributed by atoms with van der Waals surface area (Å²) < 4.78 is 27.9. The van der Waals surface area contributed by atoms with Crippen molar-refractivity contribution in [2.45, 2.75) is 31.5 Å². The summed E-state index contributed by atoms with van der Waals surface area (Å²) in [6.07, 6.45) is 2.68. The minimum atomic E-state index is -2.96. The molecule has 0 amide bonds. The molecule has 0 aliphatic carbocycles. The Balaban J connectivity index is 1.74. The van der Waals surface area contributed by atoms with Gasteiger partial charge in [0.05, 0.1) is 19.0 Å². The van der Waals surface area contributed by atoms with Crippen LogP contribution in [-0.2, 0) is 14.6 Å². The van der Waals surface area contributed by atoms with Gasteiger partial charge in [0.25, 0.3) is 0 Å². The summed E-state index contributed by atoms with van der Waals surface area (Å²) in [5, 5.41) is 8.01. The first-order valence-electron chi connectivity index (χ1n) is 6.03. The van der Waals surface area contributed by atoms with E-state index >= 15 is 0 Å². The SMILES string of the molecule is CC(CC1COCCN1)NC1C=CS(=O)(=O)C1. The Kier molecular flexibility index (Phi) is 4.19. The average molecular weight is 260 g/mol. The minimum absolute atomic E-state index is 0.0421. The predicted molar refractivity (Wildman–Crippen MR) is 66.5 cm³/mol. The van der Waals surface area contributed by atoms with Gasteiger partial charge in [-0.25, -0.2) is 8.42 Å². The molecule has 6 heteroatoms. The number of sulfone groups is 1. The van der Waals surface area contributed by atoms with E-state index in [0.29, 0.717) is 6.04 Å². The molecule has 0 saturated carbocycles. The van der Waals surface area contributed by atoms with Gasteiger partial charge < -0.3 is 15.4 Å². The third kappa shape index (κ3) is 4.06. The highest BCUT2D eigenvalue weighted by Gasteiger charge is 2.24. The van der Waals surface area contributed by atoms with Gasteiger partial charge in [0.15, 0.2) is 9.84 Å². The summed E-state index contributed by atoms with van der Waals surface area (Å²) in [4.78, 5) is 0. The lowest BCUT2D eigenvalue weighted by atomic mass is 10.1. The predicted octanol–water partition coefficient (Wildman–Crippen LogP) is -0.346. The van der Waals surface area contributed by atoms with Crippen LogP contribution in [0.3, 0.4) is 0 Å². The monoisotopic (exact) mass is 260 g/mol. The van der Waals surface area contributed by atoms with Gasteiger partial charge in [-0.1, -0.05) is 6.08 Å². The third-order valence-corrected chi connectivity index (χ3v) is 4.46. The Hall–Kier alpha value is -0.430. The van der Waals surface area contributed by atoms with Crippen molar-refractivity contribution in [1.29, 1.82) is 0 Å². The Morgan fingerprint density at radius 1 is 1.59 bits per heavy atom. The molecule has 3 unspecified atom stereocenters. The molecule has 5 nitrogen and oxygen atoms in total. The molecule has 2 N–H and O–H groups in total. The second-order valence-corrected chi connectivity index (χ2v) is 6.73. The van der Waals surface area contributed by atoms with Gasteiger partial charge >= 0.3 is 0 Å². The fourth-order valence-corrected chi connectivity index (χ4v) is 3.56. The highest BCUT2D eigenvalue weighted by Crippen LogP contribution is 2.10. The van der Waals surface area contributed by atoms with E-state index in [2.05, 4.69) is 17.6 Å². The van der Waals surface area contributed by atoms with Crippen molar-refractivity contribution in [2.75, 3.05) is 25.5 Å². The molecule has 0 aromatic heterocycles. The van der Waals surface area contributed by atoms with E-state index in [4.69, 9.17) is 4.74 Å². The van der Waals surface area contributed by atoms with E-state index in [1.807, 2.05) is 0 Å². The van der Waals surface area contributed by atoms with E-state index in [1.165, 1.54) is 5.41 Å². The summed E-state index contributed by atoms with van der Waals surface area (Å²) in [5.74, 6) is 0.186. The van der Waals surface area contributed by atoms with Crippen LogP contribution in [-0.4, -0.2) is 52.1 Å². The molecule has 3 atom stereocenters. The maximum Gasteiger partial charge on any atom is 0.173 e. The molecule has 2 aliphatic heterocycles. The fraction of sp³-hybridized carbons (Fsp3) is 0.818. The van der Waals surface area contributed by atoms with E-state index < -0.39 is 9.84 Å². The fourth-order valence-electron chi connectivity index (χ4n) is 2.31. The lowest BCUT2D eigenvalue weighted by Gasteiger charge is -2.27. The molecule has 0 spiro atoms. The third-order valence-electron chi connectivity index (χ3n) is 3.07. The zero-order chi connectivity index (χ0) is 12.3. The number of rotatable bonds is 4. The lowest BCUT2D eigenvalue weighted by molar-refractivity contribution is 0.0711. The molecule has 0 aromatic rings. The summed E-state index contributed by atoms with van der Waals surface area (Å²) in [5.41, 5.74) is 0. The standard InChI is InChI=1S/C11H20N2O3S/c1-9(6-11-7-16-4-3-12-11)13-10-2-5-17(14,15)8-10/h2,5,9-13H,3-4,6-8H2,1H3. The Morgan fingerprint density at radius 3 is 3.00 bits per heavy atom. The molecule has 2 rings (SSSR count). The van der Waals surface area contributed by atoms with Gasteiger partial charge in [0, 0.05) is 30.1 Å². The highest BCUT2D eigenvalue weighted by atomic mass is 32.2. The molecule has 17 heavy (non-hydrogen) atoms. The zero-order valence-corrected chi connectivity index (χ0v) is 10.9. The van der Waals surface area contributed by atoms with Crippen LogP contribution in [0.5, 0.6) is 0 Å². The van der Waals surface area contributed by atoms with Gasteiger partial charge in [-0.3, -0.25) is 0 Å². The molecule has 98 valence electrons. The van der Waals surface area contributed by atoms with Crippen molar-refractivity contribution >= 4 is 9.84 Å². The number of morpholine rings is 1. The average Bonchev–Trinajstić information content (AvgIpc) is 2.59. The number of nitrogens with one attached hydrogen (secondary N) is 2. The lowest BCUT2D eigenvalue weighted by Crippen LogP contribution is -2.46. The van der Waals surface area contributed by atoms with E-state index in [9.17, 15) is 8.42 Å². The molecular formula is C11H20N2O3S. The second kappa shape index (κ2) is 5.48. The van der Waals surface area contributed by atoms with Gasteiger partial charge in [0.2, 0.25) is 0 Å². The largest absolute Gasteiger partial charge is 0.379 e. The van der Waals surface area contributed by atoms with Crippen LogP contribution in [0.25, 0.3) is 0 Å². The van der Waals surface area contributed by atoms with Crippen LogP contribution in [0.1, 0.15) is 13.3 Å². The van der Waals surface area contributed by atoms with Crippen LogP contribution < -0.4 is 10.6 Å². The molecule has 0 bridgehead atoms. The van der Waals surface area contributed by atoms with Gasteiger partial charge in [0.1, 0.15) is 0 Å². The van der Waals surface area contributed by atoms with Crippen molar-refractivity contribution in [3.05, 3.63) is 11.5 Å². The molecule has 2 aliphatic rings. The van der Waals surface area contributed by atoms with Gasteiger partial charge in [-0.2, -0.15) is 0 Å². The van der Waals surface area contributed by atoms with E-state index in [-0.39, 0.29) is 17.8 Å². The second-order valence-electron chi connectivity index (χ2n) is 4.79. The van der Waals surface area contributed by atoms with Gasteiger partial charge in [-0.15, -0.1) is 0 Å². The summed E-state index contributed by atoms with van der Waals surface area (Å²) in [6, 6.07) is 0.602. The minimum Gasteiger partial charge on any atom is -0.379 e.